The molecule has 0 bridgehead atoms. The van der Waals surface area contributed by atoms with E-state index < -0.39 is 5.97 Å². The largest absolute Gasteiger partial charge is 0.426 e. The molecule has 1 aliphatic rings. The number of aromatic nitrogens is 2. The first kappa shape index (κ1) is 33.1. The summed E-state index contributed by atoms with van der Waals surface area (Å²) in [5.74, 6) is 1.93. The van der Waals surface area contributed by atoms with E-state index >= 15 is 0 Å². The summed E-state index contributed by atoms with van der Waals surface area (Å²) < 4.78 is 16.8. The number of esters is 2. The van der Waals surface area contributed by atoms with E-state index in [9.17, 15) is 9.59 Å². The molecule has 0 N–H and O–H groups in total. The van der Waals surface area contributed by atoms with Gasteiger partial charge >= 0.3 is 11.9 Å². The molecule has 0 amide bonds. The van der Waals surface area contributed by atoms with Crippen molar-refractivity contribution in [2.45, 2.75) is 97.3 Å². The fourth-order valence-electron chi connectivity index (χ4n) is 6.09. The molecule has 7 heteroatoms. The normalized spacial score (nSPS) is 16.2. The molecule has 3 aromatic carbocycles. The highest BCUT2D eigenvalue weighted by Crippen LogP contribution is 2.33. The number of hydrogen-bond acceptors (Lipinski definition) is 7. The molecule has 5 rings (SSSR count). The van der Waals surface area contributed by atoms with Gasteiger partial charge in [0.15, 0.2) is 0 Å². The lowest BCUT2D eigenvalue weighted by molar-refractivity contribution is -0.140. The van der Waals surface area contributed by atoms with Gasteiger partial charge in [0, 0.05) is 11.1 Å². The minimum absolute atomic E-state index is 0.0202. The minimum atomic E-state index is -0.398. The molecule has 0 aliphatic heterocycles. The highest BCUT2D eigenvalue weighted by atomic mass is 16.5. The van der Waals surface area contributed by atoms with Crippen LogP contribution in [0, 0.1) is 11.8 Å². The molecular formula is C39H46N2O5. The van der Waals surface area contributed by atoms with Gasteiger partial charge in [-0.3, -0.25) is 4.79 Å². The maximum absolute atomic E-state index is 12.8. The third-order valence-electron chi connectivity index (χ3n) is 8.97. The number of aryl methyl sites for hydroxylation is 1. The Kier molecular flexibility index (Phi) is 12.2. The van der Waals surface area contributed by atoms with Crippen molar-refractivity contribution in [2.75, 3.05) is 0 Å². The number of carbonyl (C=O) groups excluding carboxylic acids is 2. The SMILES string of the molecule is CCCCCCc1ccc(C(=O)Oc2ccc(-c3nc(-c4ccc(OC(=O)C5CCC(CCCCC)CC5)cc4)no3)cc2)cc1. The van der Waals surface area contributed by atoms with E-state index in [0.717, 1.165) is 50.0 Å². The highest BCUT2D eigenvalue weighted by Gasteiger charge is 2.27. The van der Waals surface area contributed by atoms with Gasteiger partial charge in [0.1, 0.15) is 11.5 Å². The Labute approximate surface area is 272 Å². The predicted octanol–water partition coefficient (Wildman–Crippen LogP) is 10.0. The summed E-state index contributed by atoms with van der Waals surface area (Å²) in [5.41, 5.74) is 3.21. The van der Waals surface area contributed by atoms with Crippen molar-refractivity contribution in [1.82, 2.24) is 10.1 Å². The molecule has 1 saturated carbocycles. The number of hydrogen-bond donors (Lipinski definition) is 0. The summed E-state index contributed by atoms with van der Waals surface area (Å²) in [6, 6.07) is 21.8. The summed E-state index contributed by atoms with van der Waals surface area (Å²) in [7, 11) is 0. The molecular weight excluding hydrogens is 576 g/mol. The lowest BCUT2D eigenvalue weighted by atomic mass is 9.80. The van der Waals surface area contributed by atoms with Crippen LogP contribution in [-0.4, -0.2) is 22.1 Å². The van der Waals surface area contributed by atoms with Crippen LogP contribution < -0.4 is 9.47 Å². The lowest BCUT2D eigenvalue weighted by Crippen LogP contribution is -2.25. The molecule has 0 unspecified atom stereocenters. The van der Waals surface area contributed by atoms with Crippen LogP contribution in [0.5, 0.6) is 11.5 Å². The maximum atomic E-state index is 12.8. The minimum Gasteiger partial charge on any atom is -0.426 e. The van der Waals surface area contributed by atoms with Gasteiger partial charge in [-0.15, -0.1) is 0 Å². The summed E-state index contributed by atoms with van der Waals surface area (Å²) in [6.07, 6.45) is 15.1. The van der Waals surface area contributed by atoms with Crippen molar-refractivity contribution in [3.8, 4) is 34.3 Å². The van der Waals surface area contributed by atoms with Crippen molar-refractivity contribution >= 4 is 11.9 Å². The van der Waals surface area contributed by atoms with E-state index in [2.05, 4.69) is 24.0 Å². The van der Waals surface area contributed by atoms with Crippen LogP contribution in [0.4, 0.5) is 0 Å². The lowest BCUT2D eigenvalue weighted by Gasteiger charge is -2.27. The van der Waals surface area contributed by atoms with Crippen molar-refractivity contribution in [3.05, 3.63) is 83.9 Å². The van der Waals surface area contributed by atoms with Crippen molar-refractivity contribution in [2.24, 2.45) is 11.8 Å². The summed E-state index contributed by atoms with van der Waals surface area (Å²) in [4.78, 5) is 30.0. The number of unbranched alkanes of at least 4 members (excludes halogenated alkanes) is 5. The van der Waals surface area contributed by atoms with Crippen LogP contribution in [0.25, 0.3) is 22.8 Å². The molecule has 46 heavy (non-hydrogen) atoms. The van der Waals surface area contributed by atoms with Crippen molar-refractivity contribution < 1.29 is 23.6 Å². The zero-order valence-corrected chi connectivity index (χ0v) is 27.2. The smallest absolute Gasteiger partial charge is 0.343 e. The molecule has 0 radical (unpaired) electrons. The fraction of sp³-hybridized carbons (Fsp3) is 0.436. The molecule has 1 aromatic heterocycles. The monoisotopic (exact) mass is 622 g/mol. The van der Waals surface area contributed by atoms with Crippen molar-refractivity contribution in [1.29, 1.82) is 0 Å². The summed E-state index contributed by atoms with van der Waals surface area (Å²) in [5, 5.41) is 4.13. The topological polar surface area (TPSA) is 91.5 Å². The zero-order valence-electron chi connectivity index (χ0n) is 27.2. The van der Waals surface area contributed by atoms with Gasteiger partial charge in [0.2, 0.25) is 5.82 Å². The number of nitrogens with zero attached hydrogens (tertiary/aromatic N) is 2. The van der Waals surface area contributed by atoms with E-state index in [1.165, 1.54) is 50.5 Å². The zero-order chi connectivity index (χ0) is 32.1. The van der Waals surface area contributed by atoms with Gasteiger partial charge in [-0.25, -0.2) is 4.79 Å². The average Bonchev–Trinajstić information content (AvgIpc) is 3.58. The number of carbonyl (C=O) groups is 2. The first-order valence-corrected chi connectivity index (χ1v) is 17.1. The van der Waals surface area contributed by atoms with Crippen LogP contribution >= 0.6 is 0 Å². The third kappa shape index (κ3) is 9.38. The van der Waals surface area contributed by atoms with Gasteiger partial charge < -0.3 is 14.0 Å². The van der Waals surface area contributed by atoms with Crippen molar-refractivity contribution in [3.63, 3.8) is 0 Å². The summed E-state index contributed by atoms with van der Waals surface area (Å²) >= 11 is 0. The number of ether oxygens (including phenoxy) is 2. The molecule has 4 aromatic rings. The van der Waals surface area contributed by atoms with Crippen LogP contribution in [0.3, 0.4) is 0 Å². The van der Waals surface area contributed by atoms with Gasteiger partial charge in [0.05, 0.1) is 11.5 Å². The number of benzene rings is 3. The Hall–Kier alpha value is -4.26. The Bertz CT molecular complexity index is 1520. The Morgan fingerprint density at radius 2 is 1.35 bits per heavy atom. The van der Waals surface area contributed by atoms with E-state index in [1.54, 1.807) is 36.4 Å². The van der Waals surface area contributed by atoms with Crippen LogP contribution in [0.15, 0.2) is 77.3 Å². The second kappa shape index (κ2) is 16.9. The second-order valence-corrected chi connectivity index (χ2v) is 12.5. The second-order valence-electron chi connectivity index (χ2n) is 12.5. The van der Waals surface area contributed by atoms with Gasteiger partial charge in [-0.05, 0) is 111 Å². The van der Waals surface area contributed by atoms with E-state index in [4.69, 9.17) is 14.0 Å². The highest BCUT2D eigenvalue weighted by molar-refractivity contribution is 5.91. The molecule has 242 valence electrons. The van der Waals surface area contributed by atoms with Gasteiger partial charge in [0.25, 0.3) is 5.89 Å². The summed E-state index contributed by atoms with van der Waals surface area (Å²) in [6.45, 7) is 4.44. The molecule has 1 aliphatic carbocycles. The third-order valence-corrected chi connectivity index (χ3v) is 8.97. The predicted molar refractivity (Wildman–Crippen MR) is 180 cm³/mol. The van der Waals surface area contributed by atoms with Crippen LogP contribution in [-0.2, 0) is 11.2 Å². The Morgan fingerprint density at radius 1 is 0.717 bits per heavy atom. The van der Waals surface area contributed by atoms with E-state index in [0.29, 0.717) is 34.3 Å². The molecule has 1 heterocycles. The van der Waals surface area contributed by atoms with Crippen LogP contribution in [0.2, 0.25) is 0 Å². The van der Waals surface area contributed by atoms with Gasteiger partial charge in [-0.2, -0.15) is 4.98 Å². The molecule has 1 fully saturated rings. The van der Waals surface area contributed by atoms with Gasteiger partial charge in [-0.1, -0.05) is 76.1 Å². The maximum Gasteiger partial charge on any atom is 0.343 e. The molecule has 0 spiro atoms. The first-order valence-electron chi connectivity index (χ1n) is 17.1. The molecule has 7 nitrogen and oxygen atoms in total. The van der Waals surface area contributed by atoms with E-state index in [1.807, 2.05) is 36.4 Å². The van der Waals surface area contributed by atoms with E-state index in [-0.39, 0.29) is 11.9 Å². The first-order chi connectivity index (χ1) is 22.5. The standard InChI is InChI=1S/C39H46N2O5/c1-3-5-7-9-11-29-14-18-33(19-15-29)39(43)45-35-26-22-31(23-27-35)37-40-36(41-46-37)30-20-24-34(25-21-30)44-38(42)32-16-12-28(13-17-32)10-8-6-4-2/h14-15,18-28,32H,3-13,16-17H2,1-2H3. The fourth-order valence-corrected chi connectivity index (χ4v) is 6.09. The Morgan fingerprint density at radius 3 is 2.02 bits per heavy atom. The average molecular weight is 623 g/mol. The quantitative estimate of drug-likeness (QED) is 0.0740. The number of rotatable bonds is 15. The Balaban J connectivity index is 1.10. The van der Waals surface area contributed by atoms with Crippen LogP contribution in [0.1, 0.15) is 107 Å². The molecule has 0 atom stereocenters. The molecule has 0 saturated heterocycles.